The van der Waals surface area contributed by atoms with Crippen LogP contribution in [-0.4, -0.2) is 44.3 Å². The topological polar surface area (TPSA) is 101 Å². The predicted octanol–water partition coefficient (Wildman–Crippen LogP) is 1.90. The van der Waals surface area contributed by atoms with Crippen LogP contribution < -0.4 is 20.7 Å². The second-order valence-corrected chi connectivity index (χ2v) is 6.21. The van der Waals surface area contributed by atoms with Gasteiger partial charge in [-0.3, -0.25) is 9.79 Å². The summed E-state index contributed by atoms with van der Waals surface area (Å²) in [6, 6.07) is 8.90. The number of rotatable bonds is 8. The molecule has 2 aromatic rings. The summed E-state index contributed by atoms with van der Waals surface area (Å²) in [7, 11) is 3.28. The monoisotopic (exact) mass is 373 g/mol. The Hall–Kier alpha value is -3.03. The van der Waals surface area contributed by atoms with Gasteiger partial charge in [0, 0.05) is 31.8 Å². The smallest absolute Gasteiger partial charge is 0.251 e. The van der Waals surface area contributed by atoms with Gasteiger partial charge in [0.05, 0.1) is 19.3 Å². The van der Waals surface area contributed by atoms with Gasteiger partial charge in [-0.25, -0.2) is 0 Å². The Labute approximate surface area is 159 Å². The zero-order valence-electron chi connectivity index (χ0n) is 16.2. The normalized spacial score (nSPS) is 11.4. The van der Waals surface area contributed by atoms with E-state index in [4.69, 9.17) is 9.26 Å². The molecule has 1 aromatic heterocycles. The quantitative estimate of drug-likeness (QED) is 0.371. The Kier molecular flexibility index (Phi) is 7.66. The van der Waals surface area contributed by atoms with Crippen molar-refractivity contribution in [1.29, 1.82) is 0 Å². The van der Waals surface area contributed by atoms with Crippen LogP contribution in [0.25, 0.3) is 0 Å². The number of amides is 1. The maximum Gasteiger partial charge on any atom is 0.251 e. The number of hydrogen-bond donors (Lipinski definition) is 3. The maximum absolute atomic E-state index is 12.1. The van der Waals surface area contributed by atoms with E-state index in [0.29, 0.717) is 37.1 Å². The van der Waals surface area contributed by atoms with Crippen molar-refractivity contribution in [3.05, 3.63) is 47.3 Å². The van der Waals surface area contributed by atoms with Crippen LogP contribution in [0.1, 0.15) is 41.6 Å². The Morgan fingerprint density at radius 3 is 2.48 bits per heavy atom. The highest BCUT2D eigenvalue weighted by Crippen LogP contribution is 2.13. The van der Waals surface area contributed by atoms with Gasteiger partial charge in [-0.1, -0.05) is 19.0 Å². The van der Waals surface area contributed by atoms with Gasteiger partial charge in [-0.15, -0.1) is 0 Å². The average molecular weight is 373 g/mol. The van der Waals surface area contributed by atoms with Gasteiger partial charge in [0.15, 0.2) is 11.7 Å². The van der Waals surface area contributed by atoms with Crippen LogP contribution >= 0.6 is 0 Å². The fourth-order valence-electron chi connectivity index (χ4n) is 2.28. The molecule has 1 aromatic carbocycles. The summed E-state index contributed by atoms with van der Waals surface area (Å²) in [4.78, 5) is 16.2. The molecule has 0 bridgehead atoms. The minimum atomic E-state index is -0.134. The number of ether oxygens (including phenoxy) is 1. The minimum Gasteiger partial charge on any atom is -0.497 e. The van der Waals surface area contributed by atoms with Crippen LogP contribution in [0.15, 0.2) is 39.8 Å². The molecule has 2 rings (SSSR count). The zero-order valence-corrected chi connectivity index (χ0v) is 16.2. The summed E-state index contributed by atoms with van der Waals surface area (Å²) in [6.45, 7) is 5.61. The van der Waals surface area contributed by atoms with Gasteiger partial charge in [-0.05, 0) is 30.2 Å². The second kappa shape index (κ2) is 10.2. The summed E-state index contributed by atoms with van der Waals surface area (Å²) in [5.41, 5.74) is 1.51. The number of nitrogens with one attached hydrogen (secondary N) is 3. The molecule has 0 aliphatic heterocycles. The lowest BCUT2D eigenvalue weighted by Gasteiger charge is -2.11. The average Bonchev–Trinajstić information content (AvgIpc) is 3.16. The van der Waals surface area contributed by atoms with E-state index in [1.165, 1.54) is 0 Å². The summed E-state index contributed by atoms with van der Waals surface area (Å²) >= 11 is 0. The van der Waals surface area contributed by atoms with E-state index >= 15 is 0 Å². The van der Waals surface area contributed by atoms with Gasteiger partial charge in [0.2, 0.25) is 0 Å². The van der Waals surface area contributed by atoms with Crippen molar-refractivity contribution in [2.24, 2.45) is 4.99 Å². The Morgan fingerprint density at radius 1 is 1.19 bits per heavy atom. The molecule has 0 saturated heterocycles. The highest BCUT2D eigenvalue weighted by molar-refractivity contribution is 5.94. The predicted molar refractivity (Wildman–Crippen MR) is 104 cm³/mol. The molecule has 1 heterocycles. The van der Waals surface area contributed by atoms with E-state index < -0.39 is 0 Å². The third kappa shape index (κ3) is 6.32. The second-order valence-electron chi connectivity index (χ2n) is 6.21. The van der Waals surface area contributed by atoms with Crippen molar-refractivity contribution in [3.8, 4) is 5.75 Å². The Bertz CT molecular complexity index is 753. The lowest BCUT2D eigenvalue weighted by molar-refractivity contribution is 0.0954. The lowest BCUT2D eigenvalue weighted by atomic mass is 10.1. The van der Waals surface area contributed by atoms with E-state index in [-0.39, 0.29) is 5.91 Å². The molecular formula is C19H27N5O3. The van der Waals surface area contributed by atoms with Gasteiger partial charge >= 0.3 is 0 Å². The summed E-state index contributed by atoms with van der Waals surface area (Å²) in [6.07, 6.45) is 0. The van der Waals surface area contributed by atoms with Gasteiger partial charge < -0.3 is 25.2 Å². The largest absolute Gasteiger partial charge is 0.497 e. The number of nitrogens with zero attached hydrogens (tertiary/aromatic N) is 2. The first-order valence-corrected chi connectivity index (χ1v) is 8.85. The van der Waals surface area contributed by atoms with E-state index in [1.807, 2.05) is 6.07 Å². The standard InChI is InChI=1S/C19H27N5O3/c1-13(2)17-11-16(27-24-17)12-23-19(20-3)22-10-9-21-18(25)14-5-7-15(26-4)8-6-14/h5-8,11,13H,9-10,12H2,1-4H3,(H,21,25)(H2,20,22,23). The van der Waals surface area contributed by atoms with Crippen LogP contribution in [-0.2, 0) is 6.54 Å². The number of carbonyl (C=O) groups excluding carboxylic acids is 1. The van der Waals surface area contributed by atoms with E-state index in [9.17, 15) is 4.79 Å². The van der Waals surface area contributed by atoms with Crippen LogP contribution in [0.5, 0.6) is 5.75 Å². The number of aliphatic imine (C=N–C) groups is 1. The van der Waals surface area contributed by atoms with Gasteiger partial charge in [-0.2, -0.15) is 0 Å². The van der Waals surface area contributed by atoms with Crippen molar-refractivity contribution in [1.82, 2.24) is 21.1 Å². The summed E-state index contributed by atoms with van der Waals surface area (Å²) in [5.74, 6) is 2.28. The molecule has 3 N–H and O–H groups in total. The SMILES string of the molecule is CN=C(NCCNC(=O)c1ccc(OC)cc1)NCc1cc(C(C)C)no1. The number of carbonyl (C=O) groups is 1. The number of hydrogen-bond acceptors (Lipinski definition) is 5. The molecule has 0 fully saturated rings. The summed E-state index contributed by atoms with van der Waals surface area (Å²) < 4.78 is 10.4. The molecule has 0 aliphatic rings. The Balaban J connectivity index is 1.70. The summed E-state index contributed by atoms with van der Waals surface area (Å²) in [5, 5.41) is 13.2. The molecule has 0 radical (unpaired) electrons. The van der Waals surface area contributed by atoms with E-state index in [2.05, 4.69) is 39.9 Å². The fraction of sp³-hybridized carbons (Fsp3) is 0.421. The lowest BCUT2D eigenvalue weighted by Crippen LogP contribution is -2.41. The minimum absolute atomic E-state index is 0.134. The molecule has 0 atom stereocenters. The number of benzene rings is 1. The molecule has 8 heteroatoms. The maximum atomic E-state index is 12.1. The third-order valence-corrected chi connectivity index (χ3v) is 3.88. The number of methoxy groups -OCH3 is 1. The first kappa shape index (κ1) is 20.3. The zero-order chi connectivity index (χ0) is 19.6. The molecule has 1 amide bonds. The molecular weight excluding hydrogens is 346 g/mol. The van der Waals surface area contributed by atoms with E-state index in [1.54, 1.807) is 38.4 Å². The number of aromatic nitrogens is 1. The van der Waals surface area contributed by atoms with Gasteiger partial charge in [0.1, 0.15) is 5.75 Å². The molecule has 0 aliphatic carbocycles. The van der Waals surface area contributed by atoms with Crippen molar-refractivity contribution in [2.75, 3.05) is 27.2 Å². The first-order valence-electron chi connectivity index (χ1n) is 8.85. The highest BCUT2D eigenvalue weighted by Gasteiger charge is 2.08. The molecule has 0 unspecified atom stereocenters. The molecule has 146 valence electrons. The van der Waals surface area contributed by atoms with Crippen molar-refractivity contribution in [2.45, 2.75) is 26.3 Å². The number of guanidine groups is 1. The molecule has 0 spiro atoms. The highest BCUT2D eigenvalue weighted by atomic mass is 16.5. The van der Waals surface area contributed by atoms with Crippen LogP contribution in [0, 0.1) is 0 Å². The van der Waals surface area contributed by atoms with Gasteiger partial charge in [0.25, 0.3) is 5.91 Å². The van der Waals surface area contributed by atoms with Crippen molar-refractivity contribution in [3.63, 3.8) is 0 Å². The van der Waals surface area contributed by atoms with Crippen LogP contribution in [0.2, 0.25) is 0 Å². The Morgan fingerprint density at radius 2 is 1.89 bits per heavy atom. The third-order valence-electron chi connectivity index (χ3n) is 3.88. The molecule has 8 nitrogen and oxygen atoms in total. The van der Waals surface area contributed by atoms with Crippen molar-refractivity contribution < 1.29 is 14.1 Å². The fourth-order valence-corrected chi connectivity index (χ4v) is 2.28. The molecule has 0 saturated carbocycles. The van der Waals surface area contributed by atoms with Crippen LogP contribution in [0.4, 0.5) is 0 Å². The van der Waals surface area contributed by atoms with Crippen LogP contribution in [0.3, 0.4) is 0 Å². The first-order chi connectivity index (χ1) is 13.0. The van der Waals surface area contributed by atoms with E-state index in [0.717, 1.165) is 17.2 Å². The van der Waals surface area contributed by atoms with Crippen molar-refractivity contribution >= 4 is 11.9 Å². The molecule has 27 heavy (non-hydrogen) atoms.